The third kappa shape index (κ3) is 7.94. The molecule has 138 valence electrons. The number of ether oxygens (including phenoxy) is 1. The largest absolute Gasteiger partial charge is 0.481 e. The summed E-state index contributed by atoms with van der Waals surface area (Å²) in [4.78, 5) is 9.00. The average molecular weight is 374 g/mol. The fraction of sp³-hybridized carbons (Fsp3) is 0.400. The summed E-state index contributed by atoms with van der Waals surface area (Å²) in [5.74, 6) is 0.840. The minimum absolute atomic E-state index is 0.155. The molecule has 3 N–H and O–H groups in total. The third-order valence-corrected chi connectivity index (χ3v) is 3.90. The SMILES string of the molecule is CC(=O)O.Cn1c(CCN)nnc1SCc1ccc(OC(F)F)cc1. The second-order valence-electron chi connectivity index (χ2n) is 4.83. The number of hydrogen-bond donors (Lipinski definition) is 2. The molecular formula is C15H20F2N4O3S. The van der Waals surface area contributed by atoms with Gasteiger partial charge in [0.05, 0.1) is 0 Å². The first kappa shape index (κ1) is 20.8. The highest BCUT2D eigenvalue weighted by Crippen LogP contribution is 2.23. The minimum atomic E-state index is -2.80. The van der Waals surface area contributed by atoms with E-state index in [9.17, 15) is 8.78 Å². The molecule has 7 nitrogen and oxygen atoms in total. The number of nitrogens with zero attached hydrogens (tertiary/aromatic N) is 3. The number of halogens is 2. The highest BCUT2D eigenvalue weighted by Gasteiger charge is 2.09. The molecule has 0 aliphatic rings. The number of nitrogens with two attached hydrogens (primary N) is 1. The number of benzene rings is 1. The fourth-order valence-corrected chi connectivity index (χ4v) is 2.62. The molecule has 0 fully saturated rings. The Morgan fingerprint density at radius 1 is 1.36 bits per heavy atom. The summed E-state index contributed by atoms with van der Waals surface area (Å²) < 4.78 is 30.3. The maximum absolute atomic E-state index is 12.0. The van der Waals surface area contributed by atoms with Crippen LogP contribution >= 0.6 is 11.8 Å². The van der Waals surface area contributed by atoms with Crippen LogP contribution in [-0.4, -0.2) is 39.0 Å². The zero-order valence-electron chi connectivity index (χ0n) is 13.9. The second kappa shape index (κ2) is 10.6. The summed E-state index contributed by atoms with van der Waals surface area (Å²) >= 11 is 1.53. The van der Waals surface area contributed by atoms with Gasteiger partial charge >= 0.3 is 6.61 Å². The Labute approximate surface area is 148 Å². The quantitative estimate of drug-likeness (QED) is 0.717. The van der Waals surface area contributed by atoms with Gasteiger partial charge in [-0.2, -0.15) is 8.78 Å². The van der Waals surface area contributed by atoms with Crippen LogP contribution in [0, 0.1) is 0 Å². The summed E-state index contributed by atoms with van der Waals surface area (Å²) in [6.07, 6.45) is 0.684. The number of rotatable bonds is 7. The maximum atomic E-state index is 12.0. The van der Waals surface area contributed by atoms with Crippen LogP contribution in [0.25, 0.3) is 0 Å². The lowest BCUT2D eigenvalue weighted by molar-refractivity contribution is -0.134. The average Bonchev–Trinajstić information content (AvgIpc) is 2.87. The number of hydrogen-bond acceptors (Lipinski definition) is 6. The molecule has 0 aliphatic heterocycles. The number of carboxylic acids is 1. The first-order chi connectivity index (χ1) is 11.8. The van der Waals surface area contributed by atoms with E-state index in [1.165, 1.54) is 23.9 Å². The smallest absolute Gasteiger partial charge is 0.387 e. The predicted octanol–water partition coefficient (Wildman–Crippen LogP) is 2.30. The fourth-order valence-electron chi connectivity index (χ4n) is 1.73. The van der Waals surface area contributed by atoms with Gasteiger partial charge in [0.2, 0.25) is 0 Å². The van der Waals surface area contributed by atoms with E-state index in [0.29, 0.717) is 18.7 Å². The van der Waals surface area contributed by atoms with Crippen molar-refractivity contribution in [3.05, 3.63) is 35.7 Å². The topological polar surface area (TPSA) is 103 Å². The van der Waals surface area contributed by atoms with Crippen LogP contribution in [0.5, 0.6) is 5.75 Å². The second-order valence-corrected chi connectivity index (χ2v) is 5.77. The van der Waals surface area contributed by atoms with E-state index in [-0.39, 0.29) is 5.75 Å². The zero-order valence-corrected chi connectivity index (χ0v) is 14.7. The first-order valence-electron chi connectivity index (χ1n) is 7.28. The van der Waals surface area contributed by atoms with Gasteiger partial charge in [0, 0.05) is 26.1 Å². The number of aliphatic carboxylic acids is 1. The summed E-state index contributed by atoms with van der Waals surface area (Å²) in [6.45, 7) is -1.19. The molecule has 1 aromatic heterocycles. The van der Waals surface area contributed by atoms with Crippen LogP contribution in [0.1, 0.15) is 18.3 Å². The van der Waals surface area contributed by atoms with Crippen molar-refractivity contribution >= 4 is 17.7 Å². The van der Waals surface area contributed by atoms with Crippen molar-refractivity contribution in [2.75, 3.05) is 6.54 Å². The third-order valence-electron chi connectivity index (χ3n) is 2.81. The normalized spacial score (nSPS) is 10.3. The summed E-state index contributed by atoms with van der Waals surface area (Å²) in [5.41, 5.74) is 6.49. The van der Waals surface area contributed by atoms with Gasteiger partial charge in [0.25, 0.3) is 5.97 Å². The Balaban J connectivity index is 0.000000705. The molecule has 0 amide bonds. The summed E-state index contributed by atoms with van der Waals surface area (Å²) in [5, 5.41) is 16.4. The van der Waals surface area contributed by atoms with Crippen LogP contribution < -0.4 is 10.5 Å². The molecule has 2 rings (SSSR count). The molecular weight excluding hydrogens is 354 g/mol. The molecule has 25 heavy (non-hydrogen) atoms. The molecule has 0 unspecified atom stereocenters. The van der Waals surface area contributed by atoms with E-state index in [1.807, 2.05) is 11.6 Å². The Hall–Kier alpha value is -2.20. The number of carbonyl (C=O) groups is 1. The predicted molar refractivity (Wildman–Crippen MR) is 89.7 cm³/mol. The molecule has 1 heterocycles. The van der Waals surface area contributed by atoms with E-state index in [4.69, 9.17) is 15.6 Å². The van der Waals surface area contributed by atoms with Crippen molar-refractivity contribution in [3.63, 3.8) is 0 Å². The first-order valence-corrected chi connectivity index (χ1v) is 8.26. The highest BCUT2D eigenvalue weighted by atomic mass is 32.2. The van der Waals surface area contributed by atoms with Crippen molar-refractivity contribution in [3.8, 4) is 5.75 Å². The summed E-state index contributed by atoms with van der Waals surface area (Å²) in [6, 6.07) is 6.56. The van der Waals surface area contributed by atoms with Gasteiger partial charge in [-0.25, -0.2) is 0 Å². The maximum Gasteiger partial charge on any atom is 0.387 e. The van der Waals surface area contributed by atoms with Crippen LogP contribution in [0.15, 0.2) is 29.4 Å². The van der Waals surface area contributed by atoms with Gasteiger partial charge in [0.1, 0.15) is 11.6 Å². The van der Waals surface area contributed by atoms with Crippen LogP contribution in [-0.2, 0) is 24.0 Å². The van der Waals surface area contributed by atoms with Crippen LogP contribution in [0.4, 0.5) is 8.78 Å². The molecule has 0 saturated carbocycles. The lowest BCUT2D eigenvalue weighted by Gasteiger charge is -2.06. The lowest BCUT2D eigenvalue weighted by Crippen LogP contribution is -2.08. The van der Waals surface area contributed by atoms with Gasteiger partial charge in [-0.3, -0.25) is 4.79 Å². The van der Waals surface area contributed by atoms with Crippen molar-refractivity contribution in [2.24, 2.45) is 12.8 Å². The van der Waals surface area contributed by atoms with Crippen LogP contribution in [0.2, 0.25) is 0 Å². The van der Waals surface area contributed by atoms with Gasteiger partial charge in [0.15, 0.2) is 5.16 Å². The summed E-state index contributed by atoms with van der Waals surface area (Å²) in [7, 11) is 1.90. The van der Waals surface area contributed by atoms with E-state index < -0.39 is 12.6 Å². The van der Waals surface area contributed by atoms with E-state index in [1.54, 1.807) is 12.1 Å². The Bertz CT molecular complexity index is 661. The molecule has 1 aromatic carbocycles. The number of thioether (sulfide) groups is 1. The molecule has 0 spiro atoms. The van der Waals surface area contributed by atoms with Crippen molar-refractivity contribution in [1.82, 2.24) is 14.8 Å². The standard InChI is InChI=1S/C13H16F2N4OS.C2H4O2/c1-19-11(6-7-16)17-18-13(19)21-8-9-2-4-10(5-3-9)20-12(14)15;1-2(3)4/h2-5,12H,6-8,16H2,1H3;1H3,(H,3,4). The van der Waals surface area contributed by atoms with Gasteiger partial charge < -0.3 is 20.1 Å². The van der Waals surface area contributed by atoms with Crippen molar-refractivity contribution < 1.29 is 23.4 Å². The Morgan fingerprint density at radius 3 is 2.48 bits per heavy atom. The monoisotopic (exact) mass is 374 g/mol. The number of carboxylic acid groups (broad SMARTS) is 1. The molecule has 0 saturated heterocycles. The molecule has 0 radical (unpaired) electrons. The zero-order chi connectivity index (χ0) is 18.8. The Kier molecular flexibility index (Phi) is 8.86. The van der Waals surface area contributed by atoms with E-state index in [2.05, 4.69) is 14.9 Å². The number of alkyl halides is 2. The molecule has 0 atom stereocenters. The van der Waals surface area contributed by atoms with Gasteiger partial charge in [-0.1, -0.05) is 23.9 Å². The Morgan fingerprint density at radius 2 is 1.96 bits per heavy atom. The van der Waals surface area contributed by atoms with Crippen molar-refractivity contribution in [1.29, 1.82) is 0 Å². The molecule has 10 heteroatoms. The molecule has 2 aromatic rings. The van der Waals surface area contributed by atoms with E-state index in [0.717, 1.165) is 23.5 Å². The minimum Gasteiger partial charge on any atom is -0.481 e. The van der Waals surface area contributed by atoms with Gasteiger partial charge in [-0.15, -0.1) is 10.2 Å². The van der Waals surface area contributed by atoms with E-state index >= 15 is 0 Å². The van der Waals surface area contributed by atoms with Gasteiger partial charge in [-0.05, 0) is 24.2 Å². The molecule has 0 bridgehead atoms. The highest BCUT2D eigenvalue weighted by molar-refractivity contribution is 7.98. The molecule has 0 aliphatic carbocycles. The van der Waals surface area contributed by atoms with Crippen molar-refractivity contribution in [2.45, 2.75) is 30.9 Å². The number of aromatic nitrogens is 3. The van der Waals surface area contributed by atoms with Crippen LogP contribution in [0.3, 0.4) is 0 Å². The lowest BCUT2D eigenvalue weighted by atomic mass is 10.2.